The third-order valence-corrected chi connectivity index (χ3v) is 2.58. The molecule has 0 aliphatic heterocycles. The summed E-state index contributed by atoms with van der Waals surface area (Å²) >= 11 is 0. The molecule has 0 saturated heterocycles. The summed E-state index contributed by atoms with van der Waals surface area (Å²) < 4.78 is 5.03. The number of hydrogen-bond acceptors (Lipinski definition) is 6. The third-order valence-electron chi connectivity index (χ3n) is 2.58. The van der Waals surface area contributed by atoms with Crippen molar-refractivity contribution in [1.82, 2.24) is 0 Å². The second-order valence-corrected chi connectivity index (χ2v) is 4.11. The van der Waals surface area contributed by atoms with Crippen LogP contribution in [0.2, 0.25) is 0 Å². The van der Waals surface area contributed by atoms with Gasteiger partial charge in [-0.15, -0.1) is 4.89 Å². The first-order chi connectivity index (χ1) is 9.46. The van der Waals surface area contributed by atoms with Crippen LogP contribution in [0.15, 0.2) is 23.3 Å². The van der Waals surface area contributed by atoms with Gasteiger partial charge in [-0.2, -0.15) is 0 Å². The molecule has 0 aromatic carbocycles. The highest BCUT2D eigenvalue weighted by molar-refractivity contribution is 5.88. The SMILES string of the molecule is CC=C(C)C(=O)OOC(CCCO)OC(=O)C(C)=CC. The fourth-order valence-electron chi connectivity index (χ4n) is 0.996. The van der Waals surface area contributed by atoms with Crippen LogP contribution in [0.4, 0.5) is 0 Å². The molecule has 0 heterocycles. The summed E-state index contributed by atoms with van der Waals surface area (Å²) in [6.07, 6.45) is 2.71. The monoisotopic (exact) mass is 286 g/mol. The predicted octanol–water partition coefficient (Wildman–Crippen LogP) is 2.04. The van der Waals surface area contributed by atoms with E-state index in [1.165, 1.54) is 0 Å². The van der Waals surface area contributed by atoms with Gasteiger partial charge in [-0.05, 0) is 34.1 Å². The zero-order valence-corrected chi connectivity index (χ0v) is 12.3. The Morgan fingerprint density at radius 1 is 1.10 bits per heavy atom. The molecule has 114 valence electrons. The summed E-state index contributed by atoms with van der Waals surface area (Å²) in [6, 6.07) is 0. The number of rotatable bonds is 8. The Morgan fingerprint density at radius 2 is 1.65 bits per heavy atom. The molecule has 0 aromatic heterocycles. The molecule has 0 aliphatic rings. The number of aliphatic hydroxyl groups excluding tert-OH is 1. The van der Waals surface area contributed by atoms with Crippen LogP contribution in [-0.2, 0) is 24.1 Å². The van der Waals surface area contributed by atoms with E-state index in [1.54, 1.807) is 39.8 Å². The van der Waals surface area contributed by atoms with Gasteiger partial charge >= 0.3 is 11.9 Å². The molecule has 1 atom stereocenters. The number of aliphatic hydroxyl groups is 1. The quantitative estimate of drug-likeness (QED) is 0.242. The lowest BCUT2D eigenvalue weighted by Crippen LogP contribution is -2.24. The number of hydrogen-bond donors (Lipinski definition) is 1. The lowest BCUT2D eigenvalue weighted by Gasteiger charge is -2.16. The van der Waals surface area contributed by atoms with Crippen molar-refractivity contribution in [2.75, 3.05) is 6.61 Å². The Kier molecular flexibility index (Phi) is 9.32. The molecule has 0 saturated carbocycles. The van der Waals surface area contributed by atoms with E-state index >= 15 is 0 Å². The molecular formula is C14H22O6. The van der Waals surface area contributed by atoms with E-state index < -0.39 is 18.2 Å². The minimum atomic E-state index is -1.04. The molecule has 6 heteroatoms. The predicted molar refractivity (Wildman–Crippen MR) is 72.2 cm³/mol. The van der Waals surface area contributed by atoms with Gasteiger partial charge in [-0.1, -0.05) is 12.2 Å². The van der Waals surface area contributed by atoms with Crippen molar-refractivity contribution in [3.8, 4) is 0 Å². The van der Waals surface area contributed by atoms with Crippen LogP contribution < -0.4 is 0 Å². The summed E-state index contributed by atoms with van der Waals surface area (Å²) in [6.45, 7) is 6.48. The van der Waals surface area contributed by atoms with Crippen LogP contribution in [0.5, 0.6) is 0 Å². The van der Waals surface area contributed by atoms with Gasteiger partial charge < -0.3 is 9.84 Å². The van der Waals surface area contributed by atoms with E-state index in [9.17, 15) is 9.59 Å². The van der Waals surface area contributed by atoms with Crippen molar-refractivity contribution in [1.29, 1.82) is 0 Å². The molecule has 0 radical (unpaired) electrons. The van der Waals surface area contributed by atoms with Crippen molar-refractivity contribution in [2.45, 2.75) is 46.8 Å². The number of carbonyl (C=O) groups excluding carboxylic acids is 2. The van der Waals surface area contributed by atoms with Crippen LogP contribution in [0.25, 0.3) is 0 Å². The third kappa shape index (κ3) is 7.06. The van der Waals surface area contributed by atoms with E-state index in [-0.39, 0.29) is 13.0 Å². The van der Waals surface area contributed by atoms with Gasteiger partial charge in [0.2, 0.25) is 6.29 Å². The minimum Gasteiger partial charge on any atom is -0.428 e. The molecule has 0 aliphatic carbocycles. The number of carbonyl (C=O) groups is 2. The molecule has 0 spiro atoms. The fraction of sp³-hybridized carbons (Fsp3) is 0.571. The first-order valence-electron chi connectivity index (χ1n) is 6.41. The van der Waals surface area contributed by atoms with Gasteiger partial charge in [0.25, 0.3) is 0 Å². The molecule has 0 amide bonds. The Hall–Kier alpha value is -1.66. The van der Waals surface area contributed by atoms with E-state index in [1.807, 2.05) is 0 Å². The van der Waals surface area contributed by atoms with Crippen LogP contribution >= 0.6 is 0 Å². The largest absolute Gasteiger partial charge is 0.428 e. The van der Waals surface area contributed by atoms with E-state index in [4.69, 9.17) is 14.7 Å². The van der Waals surface area contributed by atoms with Gasteiger partial charge in [-0.25, -0.2) is 9.59 Å². The highest BCUT2D eigenvalue weighted by Crippen LogP contribution is 2.10. The zero-order chi connectivity index (χ0) is 15.5. The fourth-order valence-corrected chi connectivity index (χ4v) is 0.996. The Bertz CT molecular complexity index is 383. The van der Waals surface area contributed by atoms with Gasteiger partial charge in [0.1, 0.15) is 0 Å². The molecule has 0 fully saturated rings. The molecule has 1 N–H and O–H groups in total. The molecule has 0 bridgehead atoms. The zero-order valence-electron chi connectivity index (χ0n) is 12.3. The lowest BCUT2D eigenvalue weighted by molar-refractivity contribution is -0.342. The van der Waals surface area contributed by atoms with Crippen molar-refractivity contribution >= 4 is 11.9 Å². The second kappa shape index (κ2) is 10.2. The van der Waals surface area contributed by atoms with E-state index in [2.05, 4.69) is 4.89 Å². The van der Waals surface area contributed by atoms with E-state index in [0.29, 0.717) is 17.6 Å². The van der Waals surface area contributed by atoms with Crippen LogP contribution in [-0.4, -0.2) is 29.9 Å². The van der Waals surface area contributed by atoms with Crippen LogP contribution in [0.1, 0.15) is 40.5 Å². The van der Waals surface area contributed by atoms with Crippen molar-refractivity contribution < 1.29 is 29.2 Å². The van der Waals surface area contributed by atoms with Gasteiger partial charge in [0.05, 0.1) is 0 Å². The van der Waals surface area contributed by atoms with Crippen molar-refractivity contribution in [3.63, 3.8) is 0 Å². The first kappa shape index (κ1) is 18.3. The Balaban J connectivity index is 4.49. The molecule has 0 aromatic rings. The maximum Gasteiger partial charge on any atom is 0.368 e. The summed E-state index contributed by atoms with van der Waals surface area (Å²) in [5.41, 5.74) is 0.792. The maximum absolute atomic E-state index is 11.6. The number of allylic oxidation sites excluding steroid dienone is 2. The molecule has 20 heavy (non-hydrogen) atoms. The first-order valence-corrected chi connectivity index (χ1v) is 6.41. The topological polar surface area (TPSA) is 82.1 Å². The van der Waals surface area contributed by atoms with Crippen molar-refractivity contribution in [3.05, 3.63) is 23.3 Å². The van der Waals surface area contributed by atoms with Crippen molar-refractivity contribution in [2.24, 2.45) is 0 Å². The summed E-state index contributed by atoms with van der Waals surface area (Å²) in [5, 5.41) is 8.78. The van der Waals surface area contributed by atoms with Gasteiger partial charge in [0.15, 0.2) is 0 Å². The summed E-state index contributed by atoms with van der Waals surface area (Å²) in [7, 11) is 0. The molecular weight excluding hydrogens is 264 g/mol. The van der Waals surface area contributed by atoms with Crippen LogP contribution in [0.3, 0.4) is 0 Å². The average Bonchev–Trinajstić information content (AvgIpc) is 2.47. The average molecular weight is 286 g/mol. The molecule has 0 rings (SSSR count). The Labute approximate surface area is 118 Å². The minimum absolute atomic E-state index is 0.0815. The standard InChI is InChI=1S/C14H22O6/c1-5-10(3)13(16)18-12(8-7-9-15)19-20-14(17)11(4)6-2/h5-6,12,15H,7-9H2,1-4H3. The number of esters is 1. The van der Waals surface area contributed by atoms with Gasteiger partial charge in [-0.3, -0.25) is 4.89 Å². The highest BCUT2D eigenvalue weighted by atomic mass is 17.2. The molecule has 6 nitrogen and oxygen atoms in total. The lowest BCUT2D eigenvalue weighted by atomic mass is 10.3. The normalized spacial score (nSPS) is 13.8. The second-order valence-electron chi connectivity index (χ2n) is 4.11. The smallest absolute Gasteiger partial charge is 0.368 e. The maximum atomic E-state index is 11.6. The highest BCUT2D eigenvalue weighted by Gasteiger charge is 2.19. The molecule has 1 unspecified atom stereocenters. The van der Waals surface area contributed by atoms with Gasteiger partial charge in [0, 0.05) is 24.2 Å². The number of ether oxygens (including phenoxy) is 1. The summed E-state index contributed by atoms with van der Waals surface area (Å²) in [5.74, 6) is -1.21. The Morgan fingerprint density at radius 3 is 2.15 bits per heavy atom. The van der Waals surface area contributed by atoms with Crippen LogP contribution in [0, 0.1) is 0 Å². The van der Waals surface area contributed by atoms with E-state index in [0.717, 1.165) is 0 Å². The summed E-state index contributed by atoms with van der Waals surface area (Å²) in [4.78, 5) is 32.4.